The second kappa shape index (κ2) is 9.18. The molecule has 0 saturated carbocycles. The maximum Gasteiger partial charge on any atom is 0.186 e. The number of nitrogens with one attached hydrogen (secondary N) is 2. The summed E-state index contributed by atoms with van der Waals surface area (Å²) >= 11 is 0. The average Bonchev–Trinajstić information content (AvgIpc) is 2.25. The molecule has 2 atom stereocenters. The number of guanidine groups is 1. The molecule has 0 aromatic carbocycles. The van der Waals surface area contributed by atoms with Gasteiger partial charge in [-0.05, 0) is 12.8 Å². The van der Waals surface area contributed by atoms with Crippen LogP contribution in [0.2, 0.25) is 0 Å². The Bertz CT molecular complexity index is 219. The molecule has 0 spiro atoms. The SMILES string of the molecule is CCCCC/C=C/C(O)C(CO)NC(=N)N. The zero-order chi connectivity index (χ0) is 12.4. The van der Waals surface area contributed by atoms with Gasteiger partial charge in [0.25, 0.3) is 0 Å². The molecule has 0 aliphatic heterocycles. The van der Waals surface area contributed by atoms with Gasteiger partial charge in [0.05, 0.1) is 18.8 Å². The predicted octanol–water partition coefficient (Wildman–Crippen LogP) is 0.328. The number of allylic oxidation sites excluding steroid dienone is 1. The minimum Gasteiger partial charge on any atom is -0.394 e. The highest BCUT2D eigenvalue weighted by molar-refractivity contribution is 5.74. The lowest BCUT2D eigenvalue weighted by Gasteiger charge is -2.19. The quantitative estimate of drug-likeness (QED) is 0.179. The second-order valence-corrected chi connectivity index (χ2v) is 3.76. The van der Waals surface area contributed by atoms with Crippen LogP contribution in [0.3, 0.4) is 0 Å². The monoisotopic (exact) mass is 229 g/mol. The van der Waals surface area contributed by atoms with Crippen LogP contribution in [0.25, 0.3) is 0 Å². The van der Waals surface area contributed by atoms with Crippen LogP contribution < -0.4 is 11.1 Å². The maximum atomic E-state index is 9.65. The van der Waals surface area contributed by atoms with Crippen LogP contribution in [-0.4, -0.2) is 34.9 Å². The summed E-state index contributed by atoms with van der Waals surface area (Å²) in [5.41, 5.74) is 5.13. The Balaban J connectivity index is 3.90. The van der Waals surface area contributed by atoms with E-state index in [0.717, 1.165) is 12.8 Å². The molecule has 0 aromatic rings. The molecule has 0 fully saturated rings. The van der Waals surface area contributed by atoms with Crippen LogP contribution in [0.4, 0.5) is 0 Å². The van der Waals surface area contributed by atoms with Gasteiger partial charge in [-0.3, -0.25) is 5.41 Å². The number of rotatable bonds is 8. The van der Waals surface area contributed by atoms with Crippen molar-refractivity contribution in [1.82, 2.24) is 5.32 Å². The van der Waals surface area contributed by atoms with E-state index < -0.39 is 12.1 Å². The van der Waals surface area contributed by atoms with Crippen molar-refractivity contribution in [2.24, 2.45) is 5.73 Å². The molecule has 0 aliphatic carbocycles. The molecule has 0 amide bonds. The Morgan fingerprint density at radius 3 is 2.69 bits per heavy atom. The van der Waals surface area contributed by atoms with Crippen molar-refractivity contribution in [3.63, 3.8) is 0 Å². The molecule has 2 unspecified atom stereocenters. The fourth-order valence-electron chi connectivity index (χ4n) is 1.32. The molecule has 0 aromatic heterocycles. The first kappa shape index (κ1) is 14.9. The van der Waals surface area contributed by atoms with Crippen molar-refractivity contribution < 1.29 is 10.2 Å². The number of aliphatic hydroxyl groups is 2. The highest BCUT2D eigenvalue weighted by Gasteiger charge is 2.15. The molecule has 0 bridgehead atoms. The van der Waals surface area contributed by atoms with Crippen molar-refractivity contribution in [2.45, 2.75) is 44.8 Å². The normalized spacial score (nSPS) is 14.9. The third kappa shape index (κ3) is 7.25. The van der Waals surface area contributed by atoms with E-state index in [0.29, 0.717) is 0 Å². The summed E-state index contributed by atoms with van der Waals surface area (Å²) < 4.78 is 0. The lowest BCUT2D eigenvalue weighted by Crippen LogP contribution is -2.47. The number of aliphatic hydroxyl groups excluding tert-OH is 2. The summed E-state index contributed by atoms with van der Waals surface area (Å²) in [6.45, 7) is 1.87. The fraction of sp³-hybridized carbons (Fsp3) is 0.727. The average molecular weight is 229 g/mol. The predicted molar refractivity (Wildman–Crippen MR) is 65.2 cm³/mol. The van der Waals surface area contributed by atoms with Crippen molar-refractivity contribution in [3.8, 4) is 0 Å². The molecule has 0 rings (SSSR count). The summed E-state index contributed by atoms with van der Waals surface area (Å²) in [5.74, 6) is -0.252. The van der Waals surface area contributed by atoms with E-state index in [1.165, 1.54) is 12.8 Å². The first-order valence-electron chi connectivity index (χ1n) is 5.68. The van der Waals surface area contributed by atoms with Gasteiger partial charge >= 0.3 is 0 Å². The molecule has 6 N–H and O–H groups in total. The van der Waals surface area contributed by atoms with Crippen LogP contribution in [-0.2, 0) is 0 Å². The molecule has 0 radical (unpaired) electrons. The second-order valence-electron chi connectivity index (χ2n) is 3.76. The van der Waals surface area contributed by atoms with Crippen molar-refractivity contribution >= 4 is 5.96 Å². The molecule has 0 aliphatic rings. The van der Waals surface area contributed by atoms with E-state index in [9.17, 15) is 5.11 Å². The zero-order valence-electron chi connectivity index (χ0n) is 9.82. The van der Waals surface area contributed by atoms with Gasteiger partial charge in [-0.25, -0.2) is 0 Å². The Hall–Kier alpha value is -1.07. The maximum absolute atomic E-state index is 9.65. The smallest absolute Gasteiger partial charge is 0.186 e. The zero-order valence-corrected chi connectivity index (χ0v) is 9.82. The van der Waals surface area contributed by atoms with Gasteiger partial charge in [0.15, 0.2) is 5.96 Å². The Kier molecular flexibility index (Phi) is 8.56. The van der Waals surface area contributed by atoms with Gasteiger partial charge in [-0.1, -0.05) is 31.9 Å². The van der Waals surface area contributed by atoms with Gasteiger partial charge in [0.1, 0.15) is 0 Å². The molecule has 94 valence electrons. The van der Waals surface area contributed by atoms with Crippen LogP contribution in [0.15, 0.2) is 12.2 Å². The van der Waals surface area contributed by atoms with Gasteiger partial charge in [-0.2, -0.15) is 0 Å². The summed E-state index contributed by atoms with van der Waals surface area (Å²) in [6, 6.07) is -0.611. The van der Waals surface area contributed by atoms with E-state index in [2.05, 4.69) is 12.2 Å². The molecule has 5 nitrogen and oxygen atoms in total. The topological polar surface area (TPSA) is 102 Å². The fourth-order valence-corrected chi connectivity index (χ4v) is 1.32. The Labute approximate surface area is 96.9 Å². The Morgan fingerprint density at radius 2 is 2.19 bits per heavy atom. The minimum absolute atomic E-state index is 0.252. The van der Waals surface area contributed by atoms with Crippen molar-refractivity contribution in [1.29, 1.82) is 5.41 Å². The minimum atomic E-state index is -0.824. The standard InChI is InChI=1S/C11H23N3O2/c1-2-3-4-5-6-7-10(16)9(8-15)14-11(12)13/h6-7,9-10,15-16H,2-5,8H2,1H3,(H4,12,13,14)/b7-6+. The van der Waals surface area contributed by atoms with Crippen molar-refractivity contribution in [3.05, 3.63) is 12.2 Å². The Morgan fingerprint density at radius 1 is 1.50 bits per heavy atom. The number of hydrogen-bond donors (Lipinski definition) is 5. The largest absolute Gasteiger partial charge is 0.394 e. The summed E-state index contributed by atoms with van der Waals surface area (Å²) in [7, 11) is 0. The molecular weight excluding hydrogens is 206 g/mol. The van der Waals surface area contributed by atoms with E-state index in [1.807, 2.05) is 6.08 Å². The molecule has 5 heteroatoms. The van der Waals surface area contributed by atoms with Crippen LogP contribution in [0.1, 0.15) is 32.6 Å². The molecule has 16 heavy (non-hydrogen) atoms. The third-order valence-electron chi connectivity index (χ3n) is 2.26. The van der Waals surface area contributed by atoms with Crippen LogP contribution >= 0.6 is 0 Å². The van der Waals surface area contributed by atoms with Gasteiger partial charge < -0.3 is 21.3 Å². The van der Waals surface area contributed by atoms with E-state index in [4.69, 9.17) is 16.2 Å². The number of nitrogens with two attached hydrogens (primary N) is 1. The van der Waals surface area contributed by atoms with E-state index >= 15 is 0 Å². The van der Waals surface area contributed by atoms with Crippen LogP contribution in [0.5, 0.6) is 0 Å². The molecule has 0 saturated heterocycles. The summed E-state index contributed by atoms with van der Waals surface area (Å²) in [4.78, 5) is 0. The lowest BCUT2D eigenvalue weighted by atomic mass is 10.1. The first-order chi connectivity index (χ1) is 7.61. The molecular formula is C11H23N3O2. The van der Waals surface area contributed by atoms with Gasteiger partial charge in [-0.15, -0.1) is 0 Å². The van der Waals surface area contributed by atoms with E-state index in [-0.39, 0.29) is 12.6 Å². The highest BCUT2D eigenvalue weighted by atomic mass is 16.3. The van der Waals surface area contributed by atoms with Gasteiger partial charge in [0, 0.05) is 0 Å². The highest BCUT2D eigenvalue weighted by Crippen LogP contribution is 2.02. The number of unbranched alkanes of at least 4 members (excludes halogenated alkanes) is 3. The summed E-state index contributed by atoms with van der Waals surface area (Å²) in [6.07, 6.45) is 7.07. The van der Waals surface area contributed by atoms with Crippen molar-refractivity contribution in [2.75, 3.05) is 6.61 Å². The lowest BCUT2D eigenvalue weighted by molar-refractivity contribution is 0.133. The third-order valence-corrected chi connectivity index (χ3v) is 2.26. The first-order valence-corrected chi connectivity index (χ1v) is 5.68. The van der Waals surface area contributed by atoms with Crippen LogP contribution in [0, 0.1) is 5.41 Å². The van der Waals surface area contributed by atoms with Gasteiger partial charge in [0.2, 0.25) is 0 Å². The molecule has 0 heterocycles. The van der Waals surface area contributed by atoms with E-state index in [1.54, 1.807) is 6.08 Å². The number of hydrogen-bond acceptors (Lipinski definition) is 3. The summed E-state index contributed by atoms with van der Waals surface area (Å²) in [5, 5.41) is 28.1.